The quantitative estimate of drug-likeness (QED) is 0.453. The van der Waals surface area contributed by atoms with Crippen LogP contribution in [0.2, 0.25) is 0 Å². The normalized spacial score (nSPS) is 11.9. The SMILES string of the molecule is COc1cc(CNC(C)c2ccccc2)cc(Br)c1OCc1ccccc1C. The molecule has 3 aromatic carbocycles. The number of aryl methyl sites for hydroxylation is 1. The summed E-state index contributed by atoms with van der Waals surface area (Å²) >= 11 is 3.65. The maximum Gasteiger partial charge on any atom is 0.175 e. The summed E-state index contributed by atoms with van der Waals surface area (Å²) in [6.07, 6.45) is 0. The van der Waals surface area contributed by atoms with E-state index in [4.69, 9.17) is 9.47 Å². The molecular formula is C24H26BrNO2. The number of ether oxygens (including phenoxy) is 2. The van der Waals surface area contributed by atoms with Gasteiger partial charge in [-0.15, -0.1) is 0 Å². The van der Waals surface area contributed by atoms with Crippen molar-refractivity contribution in [2.24, 2.45) is 0 Å². The predicted octanol–water partition coefficient (Wildman–Crippen LogP) is 6.20. The number of nitrogens with one attached hydrogen (secondary N) is 1. The fourth-order valence-corrected chi connectivity index (χ4v) is 3.67. The molecule has 0 heterocycles. The summed E-state index contributed by atoms with van der Waals surface area (Å²) in [7, 11) is 1.67. The van der Waals surface area contributed by atoms with E-state index in [9.17, 15) is 0 Å². The fourth-order valence-electron chi connectivity index (χ4n) is 3.07. The first kappa shape index (κ1) is 20.4. The second kappa shape index (κ2) is 9.76. The van der Waals surface area contributed by atoms with Crippen molar-refractivity contribution in [3.8, 4) is 11.5 Å². The van der Waals surface area contributed by atoms with Gasteiger partial charge in [-0.05, 0) is 64.2 Å². The molecule has 146 valence electrons. The molecule has 1 N–H and O–H groups in total. The molecule has 0 aliphatic rings. The van der Waals surface area contributed by atoms with Gasteiger partial charge >= 0.3 is 0 Å². The third kappa shape index (κ3) is 5.15. The van der Waals surface area contributed by atoms with Crippen LogP contribution in [0.5, 0.6) is 11.5 Å². The summed E-state index contributed by atoms with van der Waals surface area (Å²) in [5, 5.41) is 3.56. The van der Waals surface area contributed by atoms with Crippen LogP contribution in [-0.2, 0) is 13.2 Å². The van der Waals surface area contributed by atoms with Crippen LogP contribution in [0, 0.1) is 6.92 Å². The lowest BCUT2D eigenvalue weighted by Gasteiger charge is -2.17. The summed E-state index contributed by atoms with van der Waals surface area (Å²) in [4.78, 5) is 0. The topological polar surface area (TPSA) is 30.5 Å². The van der Waals surface area contributed by atoms with Crippen LogP contribution in [0.15, 0.2) is 71.2 Å². The molecule has 0 bridgehead atoms. The van der Waals surface area contributed by atoms with Crippen molar-refractivity contribution in [3.05, 3.63) is 93.5 Å². The molecule has 3 nitrogen and oxygen atoms in total. The molecule has 0 amide bonds. The highest BCUT2D eigenvalue weighted by Gasteiger charge is 2.13. The molecule has 0 aliphatic heterocycles. The molecular weight excluding hydrogens is 414 g/mol. The van der Waals surface area contributed by atoms with Crippen LogP contribution in [0.3, 0.4) is 0 Å². The maximum atomic E-state index is 6.08. The summed E-state index contributed by atoms with van der Waals surface area (Å²) in [6.45, 7) is 5.50. The zero-order valence-electron chi connectivity index (χ0n) is 16.5. The number of halogens is 1. The van der Waals surface area contributed by atoms with Gasteiger partial charge in [0.25, 0.3) is 0 Å². The molecule has 1 atom stereocenters. The first-order chi connectivity index (χ1) is 13.6. The van der Waals surface area contributed by atoms with Crippen molar-refractivity contribution in [1.29, 1.82) is 0 Å². The highest BCUT2D eigenvalue weighted by molar-refractivity contribution is 9.10. The van der Waals surface area contributed by atoms with Crippen LogP contribution < -0.4 is 14.8 Å². The molecule has 3 rings (SSSR count). The van der Waals surface area contributed by atoms with Crippen LogP contribution in [0.4, 0.5) is 0 Å². The molecule has 0 fully saturated rings. The predicted molar refractivity (Wildman–Crippen MR) is 118 cm³/mol. The van der Waals surface area contributed by atoms with Crippen LogP contribution >= 0.6 is 15.9 Å². The van der Waals surface area contributed by atoms with Crippen LogP contribution in [0.25, 0.3) is 0 Å². The average molecular weight is 440 g/mol. The largest absolute Gasteiger partial charge is 0.493 e. The van der Waals surface area contributed by atoms with E-state index >= 15 is 0 Å². The van der Waals surface area contributed by atoms with Crippen LogP contribution in [-0.4, -0.2) is 7.11 Å². The Balaban J connectivity index is 1.69. The standard InChI is InChI=1S/C24H26BrNO2/c1-17-9-7-8-12-21(17)16-28-24-22(25)13-19(14-23(24)27-3)15-26-18(2)20-10-5-4-6-11-20/h4-14,18,26H,15-16H2,1-3H3. The average Bonchev–Trinajstić information content (AvgIpc) is 2.72. The zero-order chi connectivity index (χ0) is 19.9. The molecule has 0 aromatic heterocycles. The first-order valence-electron chi connectivity index (χ1n) is 9.40. The first-order valence-corrected chi connectivity index (χ1v) is 10.2. The zero-order valence-corrected chi connectivity index (χ0v) is 18.1. The lowest BCUT2D eigenvalue weighted by Crippen LogP contribution is -2.18. The molecule has 28 heavy (non-hydrogen) atoms. The van der Waals surface area contributed by atoms with E-state index < -0.39 is 0 Å². The molecule has 0 saturated heterocycles. The van der Waals surface area contributed by atoms with E-state index in [2.05, 4.69) is 77.6 Å². The van der Waals surface area contributed by atoms with Gasteiger partial charge in [0.15, 0.2) is 11.5 Å². The van der Waals surface area contributed by atoms with Crippen molar-refractivity contribution in [1.82, 2.24) is 5.32 Å². The second-order valence-electron chi connectivity index (χ2n) is 6.84. The minimum atomic E-state index is 0.267. The summed E-state index contributed by atoms with van der Waals surface area (Å²) in [6, 6.07) is 23.1. The fraction of sp³-hybridized carbons (Fsp3) is 0.250. The third-order valence-corrected chi connectivity index (χ3v) is 5.42. The van der Waals surface area contributed by atoms with Gasteiger partial charge in [-0.1, -0.05) is 54.6 Å². The van der Waals surface area contributed by atoms with Crippen molar-refractivity contribution in [3.63, 3.8) is 0 Å². The minimum absolute atomic E-state index is 0.267. The summed E-state index contributed by atoms with van der Waals surface area (Å²) in [5.74, 6) is 1.46. The Hall–Kier alpha value is -2.30. The highest BCUT2D eigenvalue weighted by atomic mass is 79.9. The number of benzene rings is 3. The van der Waals surface area contributed by atoms with E-state index in [0.29, 0.717) is 6.61 Å². The molecule has 1 unspecified atom stereocenters. The lowest BCUT2D eigenvalue weighted by atomic mass is 10.1. The molecule has 0 spiro atoms. The molecule has 3 aromatic rings. The number of hydrogen-bond acceptors (Lipinski definition) is 3. The maximum absolute atomic E-state index is 6.08. The van der Waals surface area contributed by atoms with Gasteiger partial charge in [-0.2, -0.15) is 0 Å². The van der Waals surface area contributed by atoms with E-state index in [0.717, 1.165) is 28.1 Å². The van der Waals surface area contributed by atoms with E-state index in [-0.39, 0.29) is 6.04 Å². The van der Waals surface area contributed by atoms with E-state index in [1.165, 1.54) is 16.7 Å². The Morgan fingerprint density at radius 2 is 1.71 bits per heavy atom. The van der Waals surface area contributed by atoms with Gasteiger partial charge in [-0.25, -0.2) is 0 Å². The van der Waals surface area contributed by atoms with Gasteiger partial charge in [0.1, 0.15) is 6.61 Å². The minimum Gasteiger partial charge on any atom is -0.493 e. The van der Waals surface area contributed by atoms with Crippen molar-refractivity contribution < 1.29 is 9.47 Å². The Labute approximate surface area is 175 Å². The van der Waals surface area contributed by atoms with Crippen molar-refractivity contribution in [2.75, 3.05) is 7.11 Å². The molecule has 0 aliphatic carbocycles. The smallest absolute Gasteiger partial charge is 0.175 e. The number of methoxy groups -OCH3 is 1. The Kier molecular flexibility index (Phi) is 7.12. The van der Waals surface area contributed by atoms with Crippen molar-refractivity contribution >= 4 is 15.9 Å². The highest BCUT2D eigenvalue weighted by Crippen LogP contribution is 2.37. The van der Waals surface area contributed by atoms with Gasteiger partial charge in [0.05, 0.1) is 11.6 Å². The Morgan fingerprint density at radius 1 is 1.00 bits per heavy atom. The van der Waals surface area contributed by atoms with Gasteiger partial charge < -0.3 is 14.8 Å². The molecule has 0 radical (unpaired) electrons. The number of rotatable bonds is 8. The van der Waals surface area contributed by atoms with E-state index in [1.807, 2.05) is 24.3 Å². The Morgan fingerprint density at radius 3 is 2.43 bits per heavy atom. The van der Waals surface area contributed by atoms with Crippen molar-refractivity contribution in [2.45, 2.75) is 33.0 Å². The second-order valence-corrected chi connectivity index (χ2v) is 7.69. The Bertz CT molecular complexity index is 912. The summed E-state index contributed by atoms with van der Waals surface area (Å²) < 4.78 is 12.6. The van der Waals surface area contributed by atoms with E-state index in [1.54, 1.807) is 7.11 Å². The number of hydrogen-bond donors (Lipinski definition) is 1. The van der Waals surface area contributed by atoms with Crippen LogP contribution in [0.1, 0.15) is 35.2 Å². The van der Waals surface area contributed by atoms with Gasteiger partial charge in [-0.3, -0.25) is 0 Å². The van der Waals surface area contributed by atoms with Gasteiger partial charge in [0.2, 0.25) is 0 Å². The summed E-state index contributed by atoms with van der Waals surface area (Å²) in [5.41, 5.74) is 4.79. The van der Waals surface area contributed by atoms with Gasteiger partial charge in [0, 0.05) is 12.6 Å². The molecule has 0 saturated carbocycles. The third-order valence-electron chi connectivity index (χ3n) is 4.83. The monoisotopic (exact) mass is 439 g/mol. The lowest BCUT2D eigenvalue weighted by molar-refractivity contribution is 0.281. The molecule has 4 heteroatoms.